The largest absolute Gasteiger partial charge is 0.363 e. The highest BCUT2D eigenvalue weighted by Gasteiger charge is 2.02. The first kappa shape index (κ1) is 9.73. The average molecular weight is 183 g/mol. The molecule has 72 valence electrons. The summed E-state index contributed by atoms with van der Waals surface area (Å²) in [4.78, 5) is 11.2. The van der Waals surface area contributed by atoms with Gasteiger partial charge in [0, 0.05) is 12.5 Å². The number of aromatic nitrogens is 1. The lowest BCUT2D eigenvalue weighted by Gasteiger charge is -1.99. The number of rotatable bonds is 5. The summed E-state index contributed by atoms with van der Waals surface area (Å²) in [5.41, 5.74) is 5.29. The Labute approximate surface area is 76.3 Å². The Morgan fingerprint density at radius 3 is 3.08 bits per heavy atom. The van der Waals surface area contributed by atoms with Crippen molar-refractivity contribution in [3.05, 3.63) is 12.3 Å². The second-order valence-electron chi connectivity index (χ2n) is 2.68. The highest BCUT2D eigenvalue weighted by molar-refractivity contribution is 5.89. The minimum Gasteiger partial charge on any atom is -0.363 e. The van der Waals surface area contributed by atoms with Crippen molar-refractivity contribution in [1.82, 2.24) is 5.16 Å². The van der Waals surface area contributed by atoms with Gasteiger partial charge in [-0.25, -0.2) is 0 Å². The summed E-state index contributed by atoms with van der Waals surface area (Å²) in [6.45, 7) is 0.622. The molecule has 0 unspecified atom stereocenters. The van der Waals surface area contributed by atoms with Crippen molar-refractivity contribution in [3.8, 4) is 0 Å². The number of hydrogen-bond acceptors (Lipinski definition) is 4. The number of carbonyl (C=O) groups is 1. The van der Waals surface area contributed by atoms with Crippen LogP contribution < -0.4 is 11.1 Å². The van der Waals surface area contributed by atoms with Gasteiger partial charge in [0.2, 0.25) is 5.91 Å². The number of amides is 1. The first-order valence-corrected chi connectivity index (χ1v) is 4.23. The quantitative estimate of drug-likeness (QED) is 0.660. The molecule has 0 radical (unpaired) electrons. The zero-order valence-electron chi connectivity index (χ0n) is 7.32. The van der Waals surface area contributed by atoms with E-state index in [0.29, 0.717) is 18.8 Å². The molecule has 1 rings (SSSR count). The van der Waals surface area contributed by atoms with Crippen LogP contribution in [0.4, 0.5) is 5.82 Å². The molecule has 3 N–H and O–H groups in total. The molecule has 0 aromatic carbocycles. The molecule has 0 saturated heterocycles. The molecule has 0 aliphatic heterocycles. The predicted octanol–water partition coefficient (Wildman–Crippen LogP) is 0.742. The van der Waals surface area contributed by atoms with Gasteiger partial charge in [0.05, 0.1) is 0 Å². The number of nitrogens with zero attached hydrogens (tertiary/aromatic N) is 1. The summed E-state index contributed by atoms with van der Waals surface area (Å²) in [5.74, 6) is 0.403. The second kappa shape index (κ2) is 5.31. The molecule has 0 atom stereocenters. The van der Waals surface area contributed by atoms with E-state index in [9.17, 15) is 4.79 Å². The average Bonchev–Trinajstić information content (AvgIpc) is 2.57. The summed E-state index contributed by atoms with van der Waals surface area (Å²) in [6.07, 6.45) is 3.56. The highest BCUT2D eigenvalue weighted by Crippen LogP contribution is 2.03. The van der Waals surface area contributed by atoms with Crippen LogP contribution in [0.25, 0.3) is 0 Å². The molecule has 0 fully saturated rings. The van der Waals surface area contributed by atoms with Gasteiger partial charge in [-0.3, -0.25) is 4.79 Å². The van der Waals surface area contributed by atoms with Crippen LogP contribution in [0, 0.1) is 0 Å². The zero-order valence-corrected chi connectivity index (χ0v) is 7.32. The zero-order chi connectivity index (χ0) is 9.52. The summed E-state index contributed by atoms with van der Waals surface area (Å²) in [6, 6.07) is 1.60. The van der Waals surface area contributed by atoms with Crippen molar-refractivity contribution in [2.75, 3.05) is 11.9 Å². The Morgan fingerprint density at radius 2 is 2.46 bits per heavy atom. The molecule has 13 heavy (non-hydrogen) atoms. The maximum Gasteiger partial charge on any atom is 0.225 e. The Kier molecular flexibility index (Phi) is 3.98. The van der Waals surface area contributed by atoms with Crippen molar-refractivity contribution in [2.24, 2.45) is 5.73 Å². The smallest absolute Gasteiger partial charge is 0.225 e. The normalized spacial score (nSPS) is 9.92. The third-order valence-electron chi connectivity index (χ3n) is 1.56. The molecule has 1 aromatic rings. The van der Waals surface area contributed by atoms with Crippen LogP contribution >= 0.6 is 0 Å². The number of nitrogens with two attached hydrogens (primary N) is 1. The molecule has 1 heterocycles. The fourth-order valence-electron chi connectivity index (χ4n) is 0.912. The van der Waals surface area contributed by atoms with E-state index in [1.165, 1.54) is 6.26 Å². The van der Waals surface area contributed by atoms with E-state index in [0.717, 1.165) is 12.8 Å². The lowest BCUT2D eigenvalue weighted by atomic mass is 10.2. The molecular formula is C8H13N3O2. The number of unbranched alkanes of at least 4 members (excludes halogenated alkanes) is 1. The van der Waals surface area contributed by atoms with Crippen molar-refractivity contribution < 1.29 is 9.32 Å². The van der Waals surface area contributed by atoms with Gasteiger partial charge in [-0.2, -0.15) is 0 Å². The Bertz CT molecular complexity index is 246. The Hall–Kier alpha value is -1.36. The number of anilines is 1. The van der Waals surface area contributed by atoms with Crippen LogP contribution in [0.2, 0.25) is 0 Å². The van der Waals surface area contributed by atoms with E-state index in [4.69, 9.17) is 5.73 Å². The van der Waals surface area contributed by atoms with Gasteiger partial charge in [-0.1, -0.05) is 5.16 Å². The van der Waals surface area contributed by atoms with Gasteiger partial charge in [-0.05, 0) is 19.4 Å². The van der Waals surface area contributed by atoms with Gasteiger partial charge in [0.15, 0.2) is 5.82 Å². The first-order chi connectivity index (χ1) is 6.33. The van der Waals surface area contributed by atoms with Crippen LogP contribution in [0.5, 0.6) is 0 Å². The van der Waals surface area contributed by atoms with E-state index in [1.807, 2.05) is 0 Å². The fraction of sp³-hybridized carbons (Fsp3) is 0.500. The number of hydrogen-bond donors (Lipinski definition) is 2. The maximum absolute atomic E-state index is 11.2. The summed E-state index contributed by atoms with van der Waals surface area (Å²) >= 11 is 0. The summed E-state index contributed by atoms with van der Waals surface area (Å²) < 4.78 is 4.56. The monoisotopic (exact) mass is 183 g/mol. The summed E-state index contributed by atoms with van der Waals surface area (Å²) in [5, 5.41) is 6.15. The molecule has 1 amide bonds. The minimum absolute atomic E-state index is 0.0534. The van der Waals surface area contributed by atoms with Crippen molar-refractivity contribution in [3.63, 3.8) is 0 Å². The molecule has 0 bridgehead atoms. The van der Waals surface area contributed by atoms with E-state index >= 15 is 0 Å². The Morgan fingerprint density at radius 1 is 1.62 bits per heavy atom. The van der Waals surface area contributed by atoms with Crippen LogP contribution in [0.3, 0.4) is 0 Å². The third-order valence-corrected chi connectivity index (χ3v) is 1.56. The molecule has 5 heteroatoms. The van der Waals surface area contributed by atoms with Crippen LogP contribution in [0.15, 0.2) is 16.9 Å². The SMILES string of the molecule is NCCCCC(=O)Nc1ccon1. The van der Waals surface area contributed by atoms with E-state index in [1.54, 1.807) is 6.07 Å². The van der Waals surface area contributed by atoms with Gasteiger partial charge in [-0.15, -0.1) is 0 Å². The molecule has 0 aliphatic rings. The van der Waals surface area contributed by atoms with Gasteiger partial charge in [0.25, 0.3) is 0 Å². The van der Waals surface area contributed by atoms with E-state index < -0.39 is 0 Å². The topological polar surface area (TPSA) is 81.2 Å². The van der Waals surface area contributed by atoms with Gasteiger partial charge < -0.3 is 15.6 Å². The van der Waals surface area contributed by atoms with Crippen LogP contribution in [0.1, 0.15) is 19.3 Å². The van der Waals surface area contributed by atoms with Crippen LogP contribution in [-0.4, -0.2) is 17.6 Å². The fourth-order valence-corrected chi connectivity index (χ4v) is 0.912. The van der Waals surface area contributed by atoms with E-state index in [-0.39, 0.29) is 5.91 Å². The maximum atomic E-state index is 11.2. The molecule has 0 spiro atoms. The molecule has 0 saturated carbocycles. The lowest BCUT2D eigenvalue weighted by Crippen LogP contribution is -2.12. The first-order valence-electron chi connectivity index (χ1n) is 4.23. The molecule has 5 nitrogen and oxygen atoms in total. The Balaban J connectivity index is 2.18. The van der Waals surface area contributed by atoms with Gasteiger partial charge >= 0.3 is 0 Å². The highest BCUT2D eigenvalue weighted by atomic mass is 16.5. The molecular weight excluding hydrogens is 170 g/mol. The number of carbonyl (C=O) groups excluding carboxylic acids is 1. The minimum atomic E-state index is -0.0534. The van der Waals surface area contributed by atoms with Gasteiger partial charge in [0.1, 0.15) is 6.26 Å². The standard InChI is InChI=1S/C8H13N3O2/c9-5-2-1-3-8(12)10-7-4-6-13-11-7/h4,6H,1-3,5,9H2,(H,10,11,12). The third kappa shape index (κ3) is 3.71. The molecule has 0 aliphatic carbocycles. The molecule has 1 aromatic heterocycles. The predicted molar refractivity (Wildman–Crippen MR) is 48.0 cm³/mol. The lowest BCUT2D eigenvalue weighted by molar-refractivity contribution is -0.116. The van der Waals surface area contributed by atoms with Crippen molar-refractivity contribution in [2.45, 2.75) is 19.3 Å². The summed E-state index contributed by atoms with van der Waals surface area (Å²) in [7, 11) is 0. The number of nitrogens with one attached hydrogen (secondary N) is 1. The van der Waals surface area contributed by atoms with E-state index in [2.05, 4.69) is 15.0 Å². The van der Waals surface area contributed by atoms with Crippen molar-refractivity contribution >= 4 is 11.7 Å². The van der Waals surface area contributed by atoms with Crippen molar-refractivity contribution in [1.29, 1.82) is 0 Å². The van der Waals surface area contributed by atoms with Crippen LogP contribution in [-0.2, 0) is 4.79 Å². The second-order valence-corrected chi connectivity index (χ2v) is 2.68.